The standard InChI is InChI=1S/C17H22N2O/c1-14(17-8-5-11-20-17)18-16-9-10-19(13-16)12-15-6-3-2-4-7-15/h2-8,11,14,16,18H,9-10,12-13H2,1H3. The minimum absolute atomic E-state index is 0.284. The number of likely N-dealkylation sites (tertiary alicyclic amines) is 1. The summed E-state index contributed by atoms with van der Waals surface area (Å²) < 4.78 is 5.45. The van der Waals surface area contributed by atoms with Crippen molar-refractivity contribution in [2.75, 3.05) is 13.1 Å². The molecule has 2 aromatic rings. The summed E-state index contributed by atoms with van der Waals surface area (Å²) in [4.78, 5) is 2.52. The molecule has 1 saturated heterocycles. The molecule has 106 valence electrons. The van der Waals surface area contributed by atoms with Gasteiger partial charge in [-0.15, -0.1) is 0 Å². The van der Waals surface area contributed by atoms with Crippen molar-refractivity contribution < 1.29 is 4.42 Å². The highest BCUT2D eigenvalue weighted by molar-refractivity contribution is 5.14. The lowest BCUT2D eigenvalue weighted by molar-refractivity contribution is 0.311. The minimum Gasteiger partial charge on any atom is -0.468 e. The Morgan fingerprint density at radius 1 is 1.25 bits per heavy atom. The highest BCUT2D eigenvalue weighted by atomic mass is 16.3. The van der Waals surface area contributed by atoms with E-state index in [1.54, 1.807) is 6.26 Å². The van der Waals surface area contributed by atoms with E-state index in [1.807, 2.05) is 12.1 Å². The van der Waals surface area contributed by atoms with Crippen molar-refractivity contribution in [2.24, 2.45) is 0 Å². The fraction of sp³-hybridized carbons (Fsp3) is 0.412. The molecule has 0 aliphatic carbocycles. The first kappa shape index (κ1) is 13.4. The van der Waals surface area contributed by atoms with Crippen LogP contribution >= 0.6 is 0 Å². The average molecular weight is 270 g/mol. The van der Waals surface area contributed by atoms with Crippen molar-refractivity contribution in [2.45, 2.75) is 32.0 Å². The Balaban J connectivity index is 1.50. The molecule has 0 saturated carbocycles. The summed E-state index contributed by atoms with van der Waals surface area (Å²) in [6.45, 7) is 5.49. The van der Waals surface area contributed by atoms with Crippen molar-refractivity contribution in [3.05, 3.63) is 60.1 Å². The number of rotatable bonds is 5. The smallest absolute Gasteiger partial charge is 0.120 e. The van der Waals surface area contributed by atoms with Gasteiger partial charge in [-0.3, -0.25) is 4.90 Å². The van der Waals surface area contributed by atoms with Crippen LogP contribution in [-0.2, 0) is 6.54 Å². The van der Waals surface area contributed by atoms with Gasteiger partial charge in [-0.05, 0) is 31.0 Å². The molecule has 2 unspecified atom stereocenters. The van der Waals surface area contributed by atoms with Gasteiger partial charge in [0.2, 0.25) is 0 Å². The van der Waals surface area contributed by atoms with E-state index in [1.165, 1.54) is 12.0 Å². The van der Waals surface area contributed by atoms with Gasteiger partial charge in [-0.1, -0.05) is 30.3 Å². The molecule has 3 rings (SSSR count). The predicted molar refractivity (Wildman–Crippen MR) is 80.4 cm³/mol. The van der Waals surface area contributed by atoms with Gasteiger partial charge >= 0.3 is 0 Å². The third-order valence-corrected chi connectivity index (χ3v) is 3.98. The number of nitrogens with one attached hydrogen (secondary N) is 1. The molecule has 0 spiro atoms. The second-order valence-corrected chi connectivity index (χ2v) is 5.61. The van der Waals surface area contributed by atoms with Crippen LogP contribution in [-0.4, -0.2) is 24.0 Å². The van der Waals surface area contributed by atoms with Crippen molar-refractivity contribution in [3.63, 3.8) is 0 Å². The van der Waals surface area contributed by atoms with Crippen LogP contribution in [0.1, 0.15) is 30.7 Å². The zero-order chi connectivity index (χ0) is 13.8. The maximum atomic E-state index is 5.45. The van der Waals surface area contributed by atoms with Crippen LogP contribution < -0.4 is 5.32 Å². The molecular weight excluding hydrogens is 248 g/mol. The molecular formula is C17H22N2O. The summed E-state index contributed by atoms with van der Waals surface area (Å²) >= 11 is 0. The van der Waals surface area contributed by atoms with E-state index >= 15 is 0 Å². The van der Waals surface area contributed by atoms with E-state index in [-0.39, 0.29) is 6.04 Å². The van der Waals surface area contributed by atoms with Gasteiger partial charge in [-0.2, -0.15) is 0 Å². The molecule has 1 fully saturated rings. The van der Waals surface area contributed by atoms with E-state index in [0.29, 0.717) is 6.04 Å². The summed E-state index contributed by atoms with van der Waals surface area (Å²) in [5.74, 6) is 1.02. The number of benzene rings is 1. The number of furan rings is 1. The molecule has 3 nitrogen and oxygen atoms in total. The normalized spacial score (nSPS) is 21.1. The summed E-state index contributed by atoms with van der Waals surface area (Å²) in [5, 5.41) is 3.66. The molecule has 2 atom stereocenters. The van der Waals surface area contributed by atoms with E-state index in [4.69, 9.17) is 4.42 Å². The molecule has 1 aliphatic rings. The maximum Gasteiger partial charge on any atom is 0.120 e. The van der Waals surface area contributed by atoms with Gasteiger partial charge in [0, 0.05) is 25.7 Å². The molecule has 3 heteroatoms. The zero-order valence-electron chi connectivity index (χ0n) is 12.0. The Morgan fingerprint density at radius 3 is 2.85 bits per heavy atom. The van der Waals surface area contributed by atoms with Crippen LogP contribution in [0, 0.1) is 0 Å². The number of hydrogen-bond acceptors (Lipinski definition) is 3. The van der Waals surface area contributed by atoms with Crippen LogP contribution in [0.5, 0.6) is 0 Å². The maximum absolute atomic E-state index is 5.45. The van der Waals surface area contributed by atoms with E-state index in [0.717, 1.165) is 25.4 Å². The summed E-state index contributed by atoms with van der Waals surface area (Å²) in [6, 6.07) is 15.5. The highest BCUT2D eigenvalue weighted by Gasteiger charge is 2.24. The van der Waals surface area contributed by atoms with Gasteiger partial charge in [-0.25, -0.2) is 0 Å². The Hall–Kier alpha value is -1.58. The molecule has 0 amide bonds. The summed E-state index contributed by atoms with van der Waals surface area (Å²) in [7, 11) is 0. The predicted octanol–water partition coefficient (Wildman–Crippen LogP) is 3.20. The van der Waals surface area contributed by atoms with E-state index in [2.05, 4.69) is 47.5 Å². The second kappa shape index (κ2) is 6.25. The van der Waals surface area contributed by atoms with Gasteiger partial charge in [0.1, 0.15) is 5.76 Å². The third kappa shape index (κ3) is 3.30. The highest BCUT2D eigenvalue weighted by Crippen LogP contribution is 2.18. The Kier molecular flexibility index (Phi) is 4.19. The zero-order valence-corrected chi connectivity index (χ0v) is 12.0. The van der Waals surface area contributed by atoms with Crippen molar-refractivity contribution in [1.29, 1.82) is 0 Å². The Morgan fingerprint density at radius 2 is 2.10 bits per heavy atom. The Bertz CT molecular complexity index is 509. The van der Waals surface area contributed by atoms with Crippen molar-refractivity contribution in [1.82, 2.24) is 10.2 Å². The molecule has 1 N–H and O–H groups in total. The average Bonchev–Trinajstić information content (AvgIpc) is 3.11. The first-order chi connectivity index (χ1) is 9.81. The fourth-order valence-corrected chi connectivity index (χ4v) is 2.93. The Labute approximate surface area is 120 Å². The van der Waals surface area contributed by atoms with Crippen LogP contribution in [0.25, 0.3) is 0 Å². The largest absolute Gasteiger partial charge is 0.468 e. The second-order valence-electron chi connectivity index (χ2n) is 5.61. The summed E-state index contributed by atoms with van der Waals surface area (Å²) in [6.07, 6.45) is 2.95. The number of hydrogen-bond donors (Lipinski definition) is 1. The first-order valence-electron chi connectivity index (χ1n) is 7.37. The van der Waals surface area contributed by atoms with Crippen molar-refractivity contribution >= 4 is 0 Å². The molecule has 0 bridgehead atoms. The molecule has 1 aromatic heterocycles. The van der Waals surface area contributed by atoms with Crippen LogP contribution in [0.15, 0.2) is 53.1 Å². The van der Waals surface area contributed by atoms with Crippen molar-refractivity contribution in [3.8, 4) is 0 Å². The van der Waals surface area contributed by atoms with Crippen LogP contribution in [0.2, 0.25) is 0 Å². The SMILES string of the molecule is CC(NC1CCN(Cc2ccccc2)C1)c1ccco1. The minimum atomic E-state index is 0.284. The van der Waals surface area contributed by atoms with Gasteiger partial charge in [0.05, 0.1) is 12.3 Å². The summed E-state index contributed by atoms with van der Waals surface area (Å²) in [5.41, 5.74) is 1.40. The lowest BCUT2D eigenvalue weighted by Crippen LogP contribution is -2.34. The topological polar surface area (TPSA) is 28.4 Å². The molecule has 1 aromatic carbocycles. The number of nitrogens with zero attached hydrogens (tertiary/aromatic N) is 1. The van der Waals surface area contributed by atoms with Gasteiger partial charge < -0.3 is 9.73 Å². The van der Waals surface area contributed by atoms with Gasteiger partial charge in [0.25, 0.3) is 0 Å². The van der Waals surface area contributed by atoms with Crippen LogP contribution in [0.3, 0.4) is 0 Å². The quantitative estimate of drug-likeness (QED) is 0.904. The lowest BCUT2D eigenvalue weighted by Gasteiger charge is -2.19. The molecule has 2 heterocycles. The van der Waals surface area contributed by atoms with Crippen LogP contribution in [0.4, 0.5) is 0 Å². The monoisotopic (exact) mass is 270 g/mol. The van der Waals surface area contributed by atoms with Gasteiger partial charge in [0.15, 0.2) is 0 Å². The fourth-order valence-electron chi connectivity index (χ4n) is 2.93. The lowest BCUT2D eigenvalue weighted by atomic mass is 10.2. The molecule has 0 radical (unpaired) electrons. The molecule has 20 heavy (non-hydrogen) atoms. The van der Waals surface area contributed by atoms with E-state index in [9.17, 15) is 0 Å². The third-order valence-electron chi connectivity index (χ3n) is 3.98. The van der Waals surface area contributed by atoms with E-state index < -0.39 is 0 Å². The molecule has 1 aliphatic heterocycles. The first-order valence-corrected chi connectivity index (χ1v) is 7.37.